The summed E-state index contributed by atoms with van der Waals surface area (Å²) in [5, 5.41) is 3.09. The van der Waals surface area contributed by atoms with Gasteiger partial charge < -0.3 is 5.32 Å². The fourth-order valence-electron chi connectivity index (χ4n) is 2.04. The zero-order valence-electron chi connectivity index (χ0n) is 12.1. The number of hydrogen-bond acceptors (Lipinski definition) is 1. The highest BCUT2D eigenvalue weighted by molar-refractivity contribution is 5.76. The molecule has 102 valence electrons. The predicted molar refractivity (Wildman–Crippen MR) is 75.1 cm³/mol. The SMILES string of the molecule is CCCCCCCCCC(=O)NC(CC)CC. The number of nitrogens with one attached hydrogen (secondary N) is 1. The van der Waals surface area contributed by atoms with Crippen molar-refractivity contribution in [2.75, 3.05) is 0 Å². The summed E-state index contributed by atoms with van der Waals surface area (Å²) in [6.45, 7) is 6.49. The van der Waals surface area contributed by atoms with Crippen molar-refractivity contribution in [3.8, 4) is 0 Å². The zero-order chi connectivity index (χ0) is 12.9. The van der Waals surface area contributed by atoms with E-state index in [1.807, 2.05) is 0 Å². The van der Waals surface area contributed by atoms with Crippen LogP contribution in [0.25, 0.3) is 0 Å². The Morgan fingerprint density at radius 3 is 1.94 bits per heavy atom. The summed E-state index contributed by atoms with van der Waals surface area (Å²) in [4.78, 5) is 11.6. The summed E-state index contributed by atoms with van der Waals surface area (Å²) in [6, 6.07) is 0.382. The van der Waals surface area contributed by atoms with E-state index >= 15 is 0 Å². The van der Waals surface area contributed by atoms with Crippen molar-refractivity contribution >= 4 is 5.91 Å². The molecule has 0 bridgehead atoms. The average Bonchev–Trinajstić information content (AvgIpc) is 2.34. The van der Waals surface area contributed by atoms with Crippen molar-refractivity contribution in [1.29, 1.82) is 0 Å². The van der Waals surface area contributed by atoms with Gasteiger partial charge in [-0.15, -0.1) is 0 Å². The van der Waals surface area contributed by atoms with Gasteiger partial charge in [-0.05, 0) is 19.3 Å². The molecule has 0 aliphatic rings. The topological polar surface area (TPSA) is 29.1 Å². The largest absolute Gasteiger partial charge is 0.353 e. The second kappa shape index (κ2) is 11.9. The lowest BCUT2D eigenvalue weighted by Crippen LogP contribution is -2.33. The van der Waals surface area contributed by atoms with E-state index in [2.05, 4.69) is 26.1 Å². The van der Waals surface area contributed by atoms with Crippen LogP contribution in [0, 0.1) is 0 Å². The van der Waals surface area contributed by atoms with Gasteiger partial charge in [0.15, 0.2) is 0 Å². The van der Waals surface area contributed by atoms with E-state index in [9.17, 15) is 4.79 Å². The second-order valence-corrected chi connectivity index (χ2v) is 4.95. The van der Waals surface area contributed by atoms with Crippen LogP contribution < -0.4 is 5.32 Å². The molecule has 0 spiro atoms. The highest BCUT2D eigenvalue weighted by atomic mass is 16.1. The van der Waals surface area contributed by atoms with Gasteiger partial charge in [0, 0.05) is 12.5 Å². The Morgan fingerprint density at radius 1 is 0.882 bits per heavy atom. The van der Waals surface area contributed by atoms with Gasteiger partial charge in [0.05, 0.1) is 0 Å². The van der Waals surface area contributed by atoms with Gasteiger partial charge in [-0.2, -0.15) is 0 Å². The van der Waals surface area contributed by atoms with E-state index in [4.69, 9.17) is 0 Å². The van der Waals surface area contributed by atoms with Crippen molar-refractivity contribution in [2.24, 2.45) is 0 Å². The van der Waals surface area contributed by atoms with Crippen molar-refractivity contribution in [2.45, 2.75) is 91.0 Å². The summed E-state index contributed by atoms with van der Waals surface area (Å²) in [5.74, 6) is 0.243. The van der Waals surface area contributed by atoms with Gasteiger partial charge in [0.1, 0.15) is 0 Å². The van der Waals surface area contributed by atoms with E-state index in [1.165, 1.54) is 38.5 Å². The Kier molecular flexibility index (Phi) is 11.6. The third-order valence-corrected chi connectivity index (χ3v) is 3.36. The minimum atomic E-state index is 0.243. The monoisotopic (exact) mass is 241 g/mol. The standard InChI is InChI=1S/C15H31NO/c1-4-7-8-9-10-11-12-13-15(17)16-14(5-2)6-3/h14H,4-13H2,1-3H3,(H,16,17). The Bertz CT molecular complexity index is 176. The van der Waals surface area contributed by atoms with Crippen molar-refractivity contribution in [3.63, 3.8) is 0 Å². The molecule has 0 fully saturated rings. The quantitative estimate of drug-likeness (QED) is 0.533. The minimum absolute atomic E-state index is 0.243. The zero-order valence-corrected chi connectivity index (χ0v) is 12.1. The van der Waals surface area contributed by atoms with Crippen LogP contribution in [0.5, 0.6) is 0 Å². The second-order valence-electron chi connectivity index (χ2n) is 4.95. The predicted octanol–water partition coefficient (Wildman–Crippen LogP) is 4.43. The van der Waals surface area contributed by atoms with Crippen LogP contribution in [-0.2, 0) is 4.79 Å². The van der Waals surface area contributed by atoms with Crippen molar-refractivity contribution in [1.82, 2.24) is 5.32 Å². The molecule has 1 N–H and O–H groups in total. The number of unbranched alkanes of at least 4 members (excludes halogenated alkanes) is 6. The molecule has 0 aromatic rings. The maximum Gasteiger partial charge on any atom is 0.220 e. The van der Waals surface area contributed by atoms with Crippen LogP contribution in [0.1, 0.15) is 85.0 Å². The number of amides is 1. The molecule has 0 aromatic heterocycles. The fourth-order valence-corrected chi connectivity index (χ4v) is 2.04. The first-order valence-electron chi connectivity index (χ1n) is 7.53. The lowest BCUT2D eigenvalue weighted by Gasteiger charge is -2.14. The van der Waals surface area contributed by atoms with Gasteiger partial charge in [-0.3, -0.25) is 4.79 Å². The molecular formula is C15H31NO. The van der Waals surface area contributed by atoms with E-state index in [-0.39, 0.29) is 5.91 Å². The molecular weight excluding hydrogens is 210 g/mol. The maximum absolute atomic E-state index is 11.6. The highest BCUT2D eigenvalue weighted by Crippen LogP contribution is 2.08. The normalized spacial score (nSPS) is 10.8. The smallest absolute Gasteiger partial charge is 0.220 e. The molecule has 0 aliphatic heterocycles. The van der Waals surface area contributed by atoms with E-state index in [0.717, 1.165) is 19.3 Å². The van der Waals surface area contributed by atoms with Crippen molar-refractivity contribution in [3.05, 3.63) is 0 Å². The van der Waals surface area contributed by atoms with Gasteiger partial charge in [0.2, 0.25) is 5.91 Å². The van der Waals surface area contributed by atoms with Gasteiger partial charge >= 0.3 is 0 Å². The van der Waals surface area contributed by atoms with E-state index < -0.39 is 0 Å². The number of hydrogen-bond donors (Lipinski definition) is 1. The Morgan fingerprint density at radius 2 is 1.41 bits per heavy atom. The Labute approximate surface area is 108 Å². The number of carbonyl (C=O) groups is 1. The molecule has 2 heteroatoms. The first-order chi connectivity index (χ1) is 8.24. The highest BCUT2D eigenvalue weighted by Gasteiger charge is 2.07. The van der Waals surface area contributed by atoms with E-state index in [0.29, 0.717) is 12.5 Å². The minimum Gasteiger partial charge on any atom is -0.353 e. The molecule has 0 unspecified atom stereocenters. The lowest BCUT2D eigenvalue weighted by atomic mass is 10.1. The van der Waals surface area contributed by atoms with Crippen molar-refractivity contribution < 1.29 is 4.79 Å². The van der Waals surface area contributed by atoms with Crippen LogP contribution in [0.2, 0.25) is 0 Å². The van der Waals surface area contributed by atoms with Crippen LogP contribution in [0.4, 0.5) is 0 Å². The van der Waals surface area contributed by atoms with Crippen LogP contribution in [-0.4, -0.2) is 11.9 Å². The van der Waals surface area contributed by atoms with Gasteiger partial charge in [0.25, 0.3) is 0 Å². The summed E-state index contributed by atoms with van der Waals surface area (Å²) in [7, 11) is 0. The summed E-state index contributed by atoms with van der Waals surface area (Å²) >= 11 is 0. The third kappa shape index (κ3) is 10.3. The molecule has 0 radical (unpaired) electrons. The first kappa shape index (κ1) is 16.5. The molecule has 2 nitrogen and oxygen atoms in total. The summed E-state index contributed by atoms with van der Waals surface area (Å²) in [5.41, 5.74) is 0. The third-order valence-electron chi connectivity index (χ3n) is 3.36. The number of carbonyl (C=O) groups excluding carboxylic acids is 1. The summed E-state index contributed by atoms with van der Waals surface area (Å²) in [6.07, 6.45) is 11.7. The Balaban J connectivity index is 3.33. The van der Waals surface area contributed by atoms with Crippen LogP contribution in [0.3, 0.4) is 0 Å². The average molecular weight is 241 g/mol. The molecule has 0 rings (SSSR count). The first-order valence-corrected chi connectivity index (χ1v) is 7.53. The summed E-state index contributed by atoms with van der Waals surface area (Å²) < 4.78 is 0. The fraction of sp³-hybridized carbons (Fsp3) is 0.933. The molecule has 0 heterocycles. The van der Waals surface area contributed by atoms with E-state index in [1.54, 1.807) is 0 Å². The molecule has 17 heavy (non-hydrogen) atoms. The maximum atomic E-state index is 11.6. The van der Waals surface area contributed by atoms with Crippen LogP contribution in [0.15, 0.2) is 0 Å². The lowest BCUT2D eigenvalue weighted by molar-refractivity contribution is -0.121. The molecule has 0 aromatic carbocycles. The number of rotatable bonds is 11. The molecule has 0 saturated heterocycles. The molecule has 1 amide bonds. The van der Waals surface area contributed by atoms with Crippen LogP contribution >= 0.6 is 0 Å². The van der Waals surface area contributed by atoms with Gasteiger partial charge in [-0.1, -0.05) is 59.3 Å². The molecule has 0 aliphatic carbocycles. The Hall–Kier alpha value is -0.530. The molecule has 0 atom stereocenters. The molecule has 0 saturated carbocycles. The van der Waals surface area contributed by atoms with Gasteiger partial charge in [-0.25, -0.2) is 0 Å².